The number of halogens is 1. The summed E-state index contributed by atoms with van der Waals surface area (Å²) in [6.45, 7) is 5.59. The van der Waals surface area contributed by atoms with Gasteiger partial charge in [0.2, 0.25) is 5.91 Å². The molecule has 0 N–H and O–H groups in total. The molecule has 0 bridgehead atoms. The van der Waals surface area contributed by atoms with Gasteiger partial charge in [-0.3, -0.25) is 14.5 Å². The van der Waals surface area contributed by atoms with Crippen molar-refractivity contribution in [3.63, 3.8) is 0 Å². The van der Waals surface area contributed by atoms with E-state index in [-0.39, 0.29) is 17.7 Å². The van der Waals surface area contributed by atoms with Crippen LogP contribution in [0.4, 0.5) is 17.1 Å². The zero-order chi connectivity index (χ0) is 19.4. The van der Waals surface area contributed by atoms with E-state index < -0.39 is 0 Å². The molecule has 1 aliphatic heterocycles. The fraction of sp³-hybridized carbons (Fsp3) is 0.429. The summed E-state index contributed by atoms with van der Waals surface area (Å²) in [5.41, 5.74) is 2.65. The number of benzene rings is 1. The number of unbranched alkanes of at least 4 members (excludes halogenated alkanes) is 2. The number of nitrogens with zero attached hydrogens (tertiary/aromatic N) is 3. The van der Waals surface area contributed by atoms with Gasteiger partial charge in [-0.25, -0.2) is 0 Å². The Hall–Kier alpha value is -2.27. The van der Waals surface area contributed by atoms with Crippen molar-refractivity contribution in [3.8, 4) is 0 Å². The standard InChI is InChI=1S/C21H26ClN3O2/c1-3-5-12-23-14-11-18-20(23)21(27)24(13-6-4-2)16-9-7-8-10-17(16)25(18)19(26)15-22/h7-11,14H,3-6,12-13,15H2,1-2H3. The van der Waals surface area contributed by atoms with Crippen LogP contribution in [0.25, 0.3) is 0 Å². The molecular formula is C21H26ClN3O2. The van der Waals surface area contributed by atoms with Crippen molar-refractivity contribution in [2.75, 3.05) is 22.2 Å². The lowest BCUT2D eigenvalue weighted by atomic mass is 10.2. The van der Waals surface area contributed by atoms with Crippen LogP contribution in [-0.4, -0.2) is 28.8 Å². The van der Waals surface area contributed by atoms with Gasteiger partial charge < -0.3 is 9.47 Å². The predicted octanol–water partition coefficient (Wildman–Crippen LogP) is 4.95. The summed E-state index contributed by atoms with van der Waals surface area (Å²) < 4.78 is 1.97. The molecule has 0 aliphatic carbocycles. The van der Waals surface area contributed by atoms with Crippen LogP contribution < -0.4 is 9.80 Å². The molecule has 0 unspecified atom stereocenters. The molecule has 5 nitrogen and oxygen atoms in total. The van der Waals surface area contributed by atoms with E-state index in [2.05, 4.69) is 13.8 Å². The van der Waals surface area contributed by atoms with Gasteiger partial charge in [0.1, 0.15) is 11.6 Å². The van der Waals surface area contributed by atoms with Gasteiger partial charge in [-0.05, 0) is 31.0 Å². The number of para-hydroxylation sites is 2. The van der Waals surface area contributed by atoms with E-state index in [9.17, 15) is 9.59 Å². The number of anilines is 3. The first-order valence-corrected chi connectivity index (χ1v) is 10.2. The summed E-state index contributed by atoms with van der Waals surface area (Å²) in [6, 6.07) is 9.42. The van der Waals surface area contributed by atoms with Crippen LogP contribution in [0.2, 0.25) is 0 Å². The molecule has 27 heavy (non-hydrogen) atoms. The van der Waals surface area contributed by atoms with Gasteiger partial charge >= 0.3 is 0 Å². The van der Waals surface area contributed by atoms with Crippen LogP contribution in [0.1, 0.15) is 50.0 Å². The summed E-state index contributed by atoms with van der Waals surface area (Å²) in [5.74, 6) is -0.433. The molecule has 1 aromatic carbocycles. The molecular weight excluding hydrogens is 362 g/mol. The van der Waals surface area contributed by atoms with Gasteiger partial charge in [-0.2, -0.15) is 0 Å². The monoisotopic (exact) mass is 387 g/mol. The third kappa shape index (κ3) is 3.61. The molecule has 2 aromatic rings. The highest BCUT2D eigenvalue weighted by atomic mass is 35.5. The molecule has 0 spiro atoms. The fourth-order valence-electron chi connectivity index (χ4n) is 3.50. The summed E-state index contributed by atoms with van der Waals surface area (Å²) in [5, 5.41) is 0. The predicted molar refractivity (Wildman–Crippen MR) is 110 cm³/mol. The number of aryl methyl sites for hydroxylation is 1. The van der Waals surface area contributed by atoms with Crippen LogP contribution in [-0.2, 0) is 11.3 Å². The highest BCUT2D eigenvalue weighted by Gasteiger charge is 2.35. The first kappa shape index (κ1) is 19.5. The van der Waals surface area contributed by atoms with Crippen molar-refractivity contribution in [2.45, 2.75) is 46.1 Å². The third-order valence-electron chi connectivity index (χ3n) is 4.90. The summed E-state index contributed by atoms with van der Waals surface area (Å²) >= 11 is 5.92. The average molecular weight is 388 g/mol. The topological polar surface area (TPSA) is 45.6 Å². The van der Waals surface area contributed by atoms with E-state index in [4.69, 9.17) is 11.6 Å². The van der Waals surface area contributed by atoms with Crippen molar-refractivity contribution < 1.29 is 9.59 Å². The van der Waals surface area contributed by atoms with Crippen molar-refractivity contribution in [1.82, 2.24) is 4.57 Å². The van der Waals surface area contributed by atoms with E-state index >= 15 is 0 Å². The second kappa shape index (κ2) is 8.61. The maximum Gasteiger partial charge on any atom is 0.277 e. The number of rotatable bonds is 7. The molecule has 2 amide bonds. The van der Waals surface area contributed by atoms with Gasteiger partial charge in [0, 0.05) is 19.3 Å². The lowest BCUT2D eigenvalue weighted by molar-refractivity contribution is -0.115. The number of carbonyl (C=O) groups excluding carboxylic acids is 2. The minimum absolute atomic E-state index is 0.0584. The molecule has 0 radical (unpaired) electrons. The average Bonchev–Trinajstić information content (AvgIpc) is 3.06. The van der Waals surface area contributed by atoms with Crippen LogP contribution in [0.5, 0.6) is 0 Å². The number of hydrogen-bond acceptors (Lipinski definition) is 2. The first-order chi connectivity index (χ1) is 13.1. The Morgan fingerprint density at radius 2 is 1.63 bits per heavy atom. The Balaban J connectivity index is 2.21. The molecule has 1 aromatic heterocycles. The zero-order valence-corrected chi connectivity index (χ0v) is 16.7. The van der Waals surface area contributed by atoms with Crippen molar-refractivity contribution in [3.05, 3.63) is 42.2 Å². The summed E-state index contributed by atoms with van der Waals surface area (Å²) in [4.78, 5) is 29.7. The molecule has 0 saturated carbocycles. The molecule has 0 atom stereocenters. The third-order valence-corrected chi connectivity index (χ3v) is 5.12. The highest BCUT2D eigenvalue weighted by molar-refractivity contribution is 6.31. The van der Waals surface area contributed by atoms with Crippen molar-refractivity contribution >= 4 is 40.5 Å². The number of amides is 2. The largest absolute Gasteiger partial charge is 0.342 e. The molecule has 3 rings (SSSR count). The maximum atomic E-state index is 13.5. The molecule has 2 heterocycles. The second-order valence-corrected chi connectivity index (χ2v) is 7.03. The van der Waals surface area contributed by atoms with Crippen molar-refractivity contribution in [2.24, 2.45) is 0 Å². The Morgan fingerprint density at radius 3 is 2.30 bits per heavy atom. The van der Waals surface area contributed by atoms with E-state index in [0.29, 0.717) is 23.6 Å². The summed E-state index contributed by atoms with van der Waals surface area (Å²) in [7, 11) is 0. The SMILES string of the molecule is CCCCN1C(=O)c2c(ccn2CCCC)N(C(=O)CCl)c2ccccc21. The van der Waals surface area contributed by atoms with Gasteiger partial charge in [-0.1, -0.05) is 38.8 Å². The molecule has 0 fully saturated rings. The van der Waals surface area contributed by atoms with Crippen LogP contribution in [0, 0.1) is 0 Å². The maximum absolute atomic E-state index is 13.5. The quantitative estimate of drug-likeness (QED) is 0.631. The number of carbonyl (C=O) groups is 2. The molecule has 1 aliphatic rings. The number of alkyl halides is 1. The minimum Gasteiger partial charge on any atom is -0.342 e. The molecule has 144 valence electrons. The lowest BCUT2D eigenvalue weighted by Crippen LogP contribution is -2.32. The zero-order valence-electron chi connectivity index (χ0n) is 15.9. The Labute approximate surface area is 165 Å². The Morgan fingerprint density at radius 1 is 0.963 bits per heavy atom. The van der Waals surface area contributed by atoms with Crippen LogP contribution in [0.15, 0.2) is 36.5 Å². The fourth-order valence-corrected chi connectivity index (χ4v) is 3.62. The number of fused-ring (bicyclic) bond motifs is 2. The smallest absolute Gasteiger partial charge is 0.277 e. The van der Waals surface area contributed by atoms with E-state index in [1.807, 2.05) is 46.0 Å². The van der Waals surface area contributed by atoms with E-state index in [1.54, 1.807) is 4.90 Å². The first-order valence-electron chi connectivity index (χ1n) is 9.62. The van der Waals surface area contributed by atoms with Gasteiger partial charge in [0.05, 0.1) is 17.1 Å². The van der Waals surface area contributed by atoms with Crippen LogP contribution >= 0.6 is 11.6 Å². The minimum atomic E-state index is -0.233. The second-order valence-electron chi connectivity index (χ2n) is 6.76. The van der Waals surface area contributed by atoms with Gasteiger partial charge in [0.25, 0.3) is 5.91 Å². The molecule has 6 heteroatoms. The highest BCUT2D eigenvalue weighted by Crippen LogP contribution is 2.41. The van der Waals surface area contributed by atoms with Crippen LogP contribution in [0.3, 0.4) is 0 Å². The normalized spacial score (nSPS) is 13.4. The Kier molecular flexibility index (Phi) is 6.22. The molecule has 0 saturated heterocycles. The Bertz CT molecular complexity index is 831. The van der Waals surface area contributed by atoms with Gasteiger partial charge in [0.15, 0.2) is 0 Å². The van der Waals surface area contributed by atoms with Crippen molar-refractivity contribution in [1.29, 1.82) is 0 Å². The number of hydrogen-bond donors (Lipinski definition) is 0. The lowest BCUT2D eigenvalue weighted by Gasteiger charge is -2.25. The van der Waals surface area contributed by atoms with Gasteiger partial charge in [-0.15, -0.1) is 11.6 Å². The number of aromatic nitrogens is 1. The van der Waals surface area contributed by atoms with E-state index in [0.717, 1.165) is 37.9 Å². The van der Waals surface area contributed by atoms with E-state index in [1.165, 1.54) is 0 Å². The summed E-state index contributed by atoms with van der Waals surface area (Å²) in [6.07, 6.45) is 5.79.